The smallest absolute Gasteiger partial charge is 0.140 e. The lowest BCUT2D eigenvalue weighted by Gasteiger charge is -2.29. The summed E-state index contributed by atoms with van der Waals surface area (Å²) in [6, 6.07) is 18.8. The van der Waals surface area contributed by atoms with Crippen LogP contribution in [0.4, 0.5) is 0 Å². The zero-order valence-corrected chi connectivity index (χ0v) is 11.9. The molecule has 1 heteroatoms. The Morgan fingerprint density at radius 2 is 1.65 bits per heavy atom. The number of benzene rings is 2. The summed E-state index contributed by atoms with van der Waals surface area (Å²) in [7, 11) is 0. The van der Waals surface area contributed by atoms with Crippen molar-refractivity contribution in [3.8, 4) is 0 Å². The van der Waals surface area contributed by atoms with Gasteiger partial charge in [0.1, 0.15) is 5.78 Å². The second-order valence-corrected chi connectivity index (χ2v) is 5.76. The molecule has 2 aromatic rings. The minimum absolute atomic E-state index is 0.0783. The van der Waals surface area contributed by atoms with Crippen molar-refractivity contribution in [3.63, 3.8) is 0 Å². The SMILES string of the molecule is Cc1ccccc1[C@H]1CCC(=O)[C@@H](c2ccccc2)C1. The van der Waals surface area contributed by atoms with Gasteiger partial charge in [0.05, 0.1) is 0 Å². The summed E-state index contributed by atoms with van der Waals surface area (Å²) in [6.07, 6.45) is 2.65. The summed E-state index contributed by atoms with van der Waals surface area (Å²) in [6.45, 7) is 2.17. The highest BCUT2D eigenvalue weighted by Gasteiger charge is 2.30. The van der Waals surface area contributed by atoms with E-state index in [1.807, 2.05) is 18.2 Å². The van der Waals surface area contributed by atoms with E-state index < -0.39 is 0 Å². The van der Waals surface area contributed by atoms with Crippen molar-refractivity contribution in [2.24, 2.45) is 0 Å². The molecule has 1 nitrogen and oxygen atoms in total. The predicted molar refractivity (Wildman–Crippen MR) is 82.0 cm³/mol. The molecule has 0 spiro atoms. The molecule has 0 aromatic heterocycles. The fourth-order valence-corrected chi connectivity index (χ4v) is 3.36. The lowest BCUT2D eigenvalue weighted by atomic mass is 9.74. The number of rotatable bonds is 2. The molecule has 1 aliphatic carbocycles. The van der Waals surface area contributed by atoms with E-state index in [0.717, 1.165) is 12.8 Å². The molecular weight excluding hydrogens is 244 g/mol. The molecule has 1 saturated carbocycles. The molecule has 0 N–H and O–H groups in total. The summed E-state index contributed by atoms with van der Waals surface area (Å²) in [5.41, 5.74) is 3.94. The van der Waals surface area contributed by atoms with Crippen LogP contribution in [0, 0.1) is 6.92 Å². The summed E-state index contributed by atoms with van der Waals surface area (Å²) in [5, 5.41) is 0. The summed E-state index contributed by atoms with van der Waals surface area (Å²) in [5.74, 6) is 0.995. The maximum Gasteiger partial charge on any atom is 0.140 e. The number of aryl methyl sites for hydroxylation is 1. The molecule has 1 aliphatic rings. The predicted octanol–water partition coefficient (Wildman–Crippen LogP) is 4.62. The van der Waals surface area contributed by atoms with Crippen LogP contribution in [-0.4, -0.2) is 5.78 Å². The standard InChI is InChI=1S/C19H20O/c1-14-7-5-6-10-17(14)16-11-12-19(20)18(13-16)15-8-3-2-4-9-15/h2-10,16,18H,11-13H2,1H3/t16-,18+/m0/s1. The second-order valence-electron chi connectivity index (χ2n) is 5.76. The molecule has 0 aliphatic heterocycles. The van der Waals surface area contributed by atoms with Crippen molar-refractivity contribution >= 4 is 5.78 Å². The van der Waals surface area contributed by atoms with Gasteiger partial charge in [-0.2, -0.15) is 0 Å². The van der Waals surface area contributed by atoms with Crippen LogP contribution in [0.25, 0.3) is 0 Å². The van der Waals surface area contributed by atoms with Crippen molar-refractivity contribution in [3.05, 3.63) is 71.3 Å². The van der Waals surface area contributed by atoms with Gasteiger partial charge in [0, 0.05) is 12.3 Å². The van der Waals surface area contributed by atoms with Gasteiger partial charge in [-0.1, -0.05) is 54.6 Å². The quantitative estimate of drug-likeness (QED) is 0.773. The van der Waals surface area contributed by atoms with Gasteiger partial charge in [-0.25, -0.2) is 0 Å². The van der Waals surface area contributed by atoms with Crippen LogP contribution in [-0.2, 0) is 4.79 Å². The number of ketones is 1. The molecule has 0 amide bonds. The Labute approximate surface area is 120 Å². The van der Waals surface area contributed by atoms with Gasteiger partial charge in [0.25, 0.3) is 0 Å². The number of hydrogen-bond acceptors (Lipinski definition) is 1. The van der Waals surface area contributed by atoms with E-state index in [1.165, 1.54) is 16.7 Å². The number of carbonyl (C=O) groups is 1. The molecule has 2 atom stereocenters. The van der Waals surface area contributed by atoms with E-state index in [4.69, 9.17) is 0 Å². The summed E-state index contributed by atoms with van der Waals surface area (Å²) in [4.78, 5) is 12.3. The van der Waals surface area contributed by atoms with Crippen molar-refractivity contribution < 1.29 is 4.79 Å². The van der Waals surface area contributed by atoms with Gasteiger partial charge in [0.15, 0.2) is 0 Å². The lowest BCUT2D eigenvalue weighted by Crippen LogP contribution is -2.22. The molecule has 0 unspecified atom stereocenters. The first-order valence-corrected chi connectivity index (χ1v) is 7.39. The Kier molecular flexibility index (Phi) is 3.68. The fourth-order valence-electron chi connectivity index (χ4n) is 3.36. The van der Waals surface area contributed by atoms with E-state index in [1.54, 1.807) is 0 Å². The molecule has 0 bridgehead atoms. The third-order valence-electron chi connectivity index (χ3n) is 4.48. The minimum Gasteiger partial charge on any atom is -0.299 e. The first kappa shape index (κ1) is 13.1. The average molecular weight is 264 g/mol. The number of Topliss-reactive ketones (excluding diaryl/α,β-unsaturated/α-hetero) is 1. The van der Waals surface area contributed by atoms with Crippen LogP contribution in [0.15, 0.2) is 54.6 Å². The van der Waals surface area contributed by atoms with Gasteiger partial charge in [0.2, 0.25) is 0 Å². The molecular formula is C19H20O. The largest absolute Gasteiger partial charge is 0.299 e. The Hall–Kier alpha value is -1.89. The van der Waals surface area contributed by atoms with Crippen LogP contribution in [0.3, 0.4) is 0 Å². The fraction of sp³-hybridized carbons (Fsp3) is 0.316. The molecule has 102 valence electrons. The Balaban J connectivity index is 1.87. The van der Waals surface area contributed by atoms with Gasteiger partial charge < -0.3 is 0 Å². The highest BCUT2D eigenvalue weighted by atomic mass is 16.1. The van der Waals surface area contributed by atoms with Crippen molar-refractivity contribution in [1.82, 2.24) is 0 Å². The maximum atomic E-state index is 12.3. The van der Waals surface area contributed by atoms with E-state index in [-0.39, 0.29) is 5.92 Å². The second kappa shape index (κ2) is 5.62. The molecule has 0 radical (unpaired) electrons. The molecule has 20 heavy (non-hydrogen) atoms. The van der Waals surface area contributed by atoms with Crippen LogP contribution in [0.1, 0.15) is 47.8 Å². The van der Waals surface area contributed by atoms with E-state index in [9.17, 15) is 4.79 Å². The monoisotopic (exact) mass is 264 g/mol. The molecule has 0 saturated heterocycles. The van der Waals surface area contributed by atoms with Crippen LogP contribution < -0.4 is 0 Å². The third kappa shape index (κ3) is 2.53. The topological polar surface area (TPSA) is 17.1 Å². The zero-order valence-electron chi connectivity index (χ0n) is 11.9. The first-order valence-electron chi connectivity index (χ1n) is 7.39. The highest BCUT2D eigenvalue weighted by molar-refractivity contribution is 5.86. The summed E-state index contributed by atoms with van der Waals surface area (Å²) >= 11 is 0. The summed E-state index contributed by atoms with van der Waals surface area (Å²) < 4.78 is 0. The van der Waals surface area contributed by atoms with Crippen molar-refractivity contribution in [2.75, 3.05) is 0 Å². The average Bonchev–Trinajstić information content (AvgIpc) is 2.49. The molecule has 0 heterocycles. The lowest BCUT2D eigenvalue weighted by molar-refractivity contribution is -0.122. The van der Waals surface area contributed by atoms with Crippen molar-refractivity contribution in [2.45, 2.75) is 38.0 Å². The van der Waals surface area contributed by atoms with Crippen LogP contribution in [0.5, 0.6) is 0 Å². The van der Waals surface area contributed by atoms with Crippen LogP contribution in [0.2, 0.25) is 0 Å². The van der Waals surface area contributed by atoms with Gasteiger partial charge in [-0.05, 0) is 42.4 Å². The minimum atomic E-state index is 0.0783. The normalized spacial score (nSPS) is 22.8. The van der Waals surface area contributed by atoms with E-state index >= 15 is 0 Å². The number of carbonyl (C=O) groups excluding carboxylic acids is 1. The zero-order chi connectivity index (χ0) is 13.9. The van der Waals surface area contributed by atoms with Gasteiger partial charge in [-0.3, -0.25) is 4.79 Å². The highest BCUT2D eigenvalue weighted by Crippen LogP contribution is 2.40. The Bertz CT molecular complexity index is 600. The Morgan fingerprint density at radius 3 is 2.40 bits per heavy atom. The molecule has 1 fully saturated rings. The molecule has 3 rings (SSSR count). The van der Waals surface area contributed by atoms with E-state index in [2.05, 4.69) is 43.3 Å². The van der Waals surface area contributed by atoms with Gasteiger partial charge >= 0.3 is 0 Å². The maximum absolute atomic E-state index is 12.3. The van der Waals surface area contributed by atoms with E-state index in [0.29, 0.717) is 18.1 Å². The third-order valence-corrected chi connectivity index (χ3v) is 4.48. The Morgan fingerprint density at radius 1 is 0.950 bits per heavy atom. The van der Waals surface area contributed by atoms with Gasteiger partial charge in [-0.15, -0.1) is 0 Å². The number of hydrogen-bond donors (Lipinski definition) is 0. The van der Waals surface area contributed by atoms with Crippen molar-refractivity contribution in [1.29, 1.82) is 0 Å². The molecule has 2 aromatic carbocycles. The first-order chi connectivity index (χ1) is 9.75. The van der Waals surface area contributed by atoms with Crippen LogP contribution >= 0.6 is 0 Å².